The van der Waals surface area contributed by atoms with Crippen LogP contribution in [0.4, 0.5) is 0 Å². The fourth-order valence-electron chi connectivity index (χ4n) is 3.04. The van der Waals surface area contributed by atoms with Crippen molar-refractivity contribution in [3.05, 3.63) is 57.2 Å². The summed E-state index contributed by atoms with van der Waals surface area (Å²) in [7, 11) is 0. The number of amides is 1. The average molecular weight is 417 g/mol. The lowest BCUT2D eigenvalue weighted by molar-refractivity contribution is 0.100. The average Bonchev–Trinajstić information content (AvgIpc) is 3.20. The van der Waals surface area contributed by atoms with E-state index >= 15 is 0 Å². The number of hydrogen-bond acceptors (Lipinski definition) is 4. The van der Waals surface area contributed by atoms with Crippen LogP contribution < -0.4 is 9.54 Å². The summed E-state index contributed by atoms with van der Waals surface area (Å²) < 4.78 is 9.81. The predicted octanol–water partition coefficient (Wildman–Crippen LogP) is 5.73. The summed E-state index contributed by atoms with van der Waals surface area (Å²) in [6, 6.07) is 13.7. The topological polar surface area (TPSA) is 43.6 Å². The van der Waals surface area contributed by atoms with Crippen molar-refractivity contribution >= 4 is 60.5 Å². The third-order valence-electron chi connectivity index (χ3n) is 4.21. The zero-order valence-electron chi connectivity index (χ0n) is 14.9. The van der Waals surface area contributed by atoms with Crippen LogP contribution in [-0.2, 0) is 6.54 Å². The molecule has 0 radical (unpaired) electrons. The molecule has 0 saturated heterocycles. The number of carbonyl (C=O) groups excluding carboxylic acids is 1. The van der Waals surface area contributed by atoms with Crippen molar-refractivity contribution in [2.45, 2.75) is 20.4 Å². The van der Waals surface area contributed by atoms with Crippen molar-refractivity contribution in [3.63, 3.8) is 0 Å². The number of benzene rings is 2. The van der Waals surface area contributed by atoms with Gasteiger partial charge in [0.1, 0.15) is 16.1 Å². The Bertz CT molecular complexity index is 1220. The van der Waals surface area contributed by atoms with E-state index in [0.29, 0.717) is 27.9 Å². The molecule has 7 heteroatoms. The van der Waals surface area contributed by atoms with Crippen LogP contribution in [0.1, 0.15) is 23.5 Å². The van der Waals surface area contributed by atoms with E-state index in [-0.39, 0.29) is 5.91 Å². The lowest BCUT2D eigenvalue weighted by Gasteiger charge is -2.07. The van der Waals surface area contributed by atoms with Crippen LogP contribution in [0.15, 0.2) is 47.5 Å². The highest BCUT2D eigenvalue weighted by Gasteiger charge is 2.18. The van der Waals surface area contributed by atoms with Crippen molar-refractivity contribution < 1.29 is 9.53 Å². The van der Waals surface area contributed by atoms with E-state index < -0.39 is 0 Å². The third kappa shape index (κ3) is 3.18. The number of thiazole rings is 1. The lowest BCUT2D eigenvalue weighted by Crippen LogP contribution is -2.16. The van der Waals surface area contributed by atoms with Gasteiger partial charge in [0, 0.05) is 16.6 Å². The standard InChI is InChI=1S/C20H17ClN2O2S2/c1-3-23-17-13(25-4-2)9-7-11-15(17)27-20(23)22-19(24)18-16(21)12-8-5-6-10-14(12)26-18/h5-11H,3-4H2,1-2H3. The highest BCUT2D eigenvalue weighted by Crippen LogP contribution is 2.35. The number of nitrogens with zero attached hydrogens (tertiary/aromatic N) is 2. The SMILES string of the molecule is CCOc1cccc2sc(=NC(=O)c3sc4ccccc4c3Cl)n(CC)c12. The molecule has 4 nitrogen and oxygen atoms in total. The van der Waals surface area contributed by atoms with Gasteiger partial charge in [-0.15, -0.1) is 11.3 Å². The van der Waals surface area contributed by atoms with E-state index in [0.717, 1.165) is 26.1 Å². The molecular formula is C20H17ClN2O2S2. The number of para-hydroxylation sites is 1. The summed E-state index contributed by atoms with van der Waals surface area (Å²) >= 11 is 9.30. The quantitative estimate of drug-likeness (QED) is 0.426. The molecule has 4 rings (SSSR count). The van der Waals surface area contributed by atoms with Crippen LogP contribution in [0.25, 0.3) is 20.3 Å². The van der Waals surface area contributed by atoms with Crippen LogP contribution in [0.2, 0.25) is 5.02 Å². The van der Waals surface area contributed by atoms with Gasteiger partial charge in [-0.25, -0.2) is 0 Å². The number of fused-ring (bicyclic) bond motifs is 2. The van der Waals surface area contributed by atoms with E-state index in [2.05, 4.69) is 4.99 Å². The Hall–Kier alpha value is -2.15. The Kier molecular flexibility index (Phi) is 5.04. The monoisotopic (exact) mass is 416 g/mol. The van der Waals surface area contributed by atoms with Crippen molar-refractivity contribution in [2.24, 2.45) is 4.99 Å². The number of halogens is 1. The zero-order chi connectivity index (χ0) is 19.0. The number of ether oxygens (including phenoxy) is 1. The number of hydrogen-bond donors (Lipinski definition) is 0. The maximum atomic E-state index is 12.9. The second-order valence-corrected chi connectivity index (χ2v) is 8.26. The first kappa shape index (κ1) is 18.2. The Morgan fingerprint density at radius 1 is 1.11 bits per heavy atom. The molecule has 2 heterocycles. The summed E-state index contributed by atoms with van der Waals surface area (Å²) in [5.74, 6) is 0.495. The molecule has 4 aromatic rings. The van der Waals surface area contributed by atoms with E-state index in [4.69, 9.17) is 16.3 Å². The summed E-state index contributed by atoms with van der Waals surface area (Å²) in [5, 5.41) is 1.37. The molecule has 0 aliphatic rings. The number of thiophene rings is 1. The second-order valence-electron chi connectivity index (χ2n) is 5.82. The number of carbonyl (C=O) groups is 1. The van der Waals surface area contributed by atoms with E-state index in [1.54, 1.807) is 0 Å². The summed E-state index contributed by atoms with van der Waals surface area (Å²) in [5.41, 5.74) is 0.973. The van der Waals surface area contributed by atoms with Crippen LogP contribution in [-0.4, -0.2) is 17.1 Å². The Morgan fingerprint density at radius 2 is 1.89 bits per heavy atom. The van der Waals surface area contributed by atoms with Gasteiger partial charge in [0.05, 0.1) is 16.3 Å². The molecule has 0 saturated carbocycles. The van der Waals surface area contributed by atoms with Gasteiger partial charge >= 0.3 is 0 Å². The number of rotatable bonds is 4. The summed E-state index contributed by atoms with van der Waals surface area (Å²) in [4.78, 5) is 18.4. The molecule has 1 amide bonds. The van der Waals surface area contributed by atoms with Gasteiger partial charge in [0.2, 0.25) is 0 Å². The Balaban J connectivity index is 1.88. The maximum absolute atomic E-state index is 12.9. The Labute approximate surface area is 169 Å². The largest absolute Gasteiger partial charge is 0.492 e. The fourth-order valence-corrected chi connectivity index (χ4v) is 5.54. The first-order chi connectivity index (χ1) is 13.1. The van der Waals surface area contributed by atoms with Crippen molar-refractivity contribution in [1.29, 1.82) is 0 Å². The van der Waals surface area contributed by atoms with Crippen molar-refractivity contribution in [3.8, 4) is 5.75 Å². The Morgan fingerprint density at radius 3 is 2.63 bits per heavy atom. The minimum absolute atomic E-state index is 0.312. The highest BCUT2D eigenvalue weighted by molar-refractivity contribution is 7.21. The lowest BCUT2D eigenvalue weighted by atomic mass is 10.2. The van der Waals surface area contributed by atoms with Gasteiger partial charge in [-0.3, -0.25) is 4.79 Å². The van der Waals surface area contributed by atoms with E-state index in [9.17, 15) is 4.79 Å². The van der Waals surface area contributed by atoms with E-state index in [1.165, 1.54) is 22.7 Å². The molecule has 0 aliphatic heterocycles. The van der Waals surface area contributed by atoms with Crippen LogP contribution >= 0.6 is 34.3 Å². The second kappa shape index (κ2) is 7.46. The van der Waals surface area contributed by atoms with Gasteiger partial charge < -0.3 is 9.30 Å². The smallest absolute Gasteiger partial charge is 0.291 e. The van der Waals surface area contributed by atoms with Gasteiger partial charge in [0.15, 0.2) is 4.80 Å². The minimum Gasteiger partial charge on any atom is -0.492 e. The number of aryl methyl sites for hydroxylation is 1. The molecule has 0 unspecified atom stereocenters. The zero-order valence-corrected chi connectivity index (χ0v) is 17.2. The molecule has 0 N–H and O–H groups in total. The van der Waals surface area contributed by atoms with Crippen LogP contribution in [0, 0.1) is 0 Å². The molecular weight excluding hydrogens is 400 g/mol. The van der Waals surface area contributed by atoms with Crippen LogP contribution in [0.5, 0.6) is 5.75 Å². The molecule has 138 valence electrons. The fraction of sp³-hybridized carbons (Fsp3) is 0.200. The van der Waals surface area contributed by atoms with Gasteiger partial charge in [-0.1, -0.05) is 47.2 Å². The molecule has 0 fully saturated rings. The summed E-state index contributed by atoms with van der Waals surface area (Å²) in [6.07, 6.45) is 0. The molecule has 2 aromatic heterocycles. The first-order valence-electron chi connectivity index (χ1n) is 8.65. The van der Waals surface area contributed by atoms with Crippen LogP contribution in [0.3, 0.4) is 0 Å². The van der Waals surface area contributed by atoms with Crippen molar-refractivity contribution in [2.75, 3.05) is 6.61 Å². The van der Waals surface area contributed by atoms with Gasteiger partial charge in [0.25, 0.3) is 5.91 Å². The first-order valence-corrected chi connectivity index (χ1v) is 10.7. The van der Waals surface area contributed by atoms with Gasteiger partial charge in [-0.05, 0) is 32.0 Å². The molecule has 0 spiro atoms. The molecule has 27 heavy (non-hydrogen) atoms. The van der Waals surface area contributed by atoms with Gasteiger partial charge in [-0.2, -0.15) is 4.99 Å². The highest BCUT2D eigenvalue weighted by atomic mass is 35.5. The van der Waals surface area contributed by atoms with Crippen molar-refractivity contribution in [1.82, 2.24) is 4.57 Å². The molecule has 2 aromatic carbocycles. The predicted molar refractivity (Wildman–Crippen MR) is 113 cm³/mol. The maximum Gasteiger partial charge on any atom is 0.291 e. The third-order valence-corrected chi connectivity index (χ3v) is 6.91. The molecule has 0 aliphatic carbocycles. The molecule has 0 bridgehead atoms. The minimum atomic E-state index is -0.312. The summed E-state index contributed by atoms with van der Waals surface area (Å²) in [6.45, 7) is 5.27. The molecule has 0 atom stereocenters. The van der Waals surface area contributed by atoms with E-state index in [1.807, 2.05) is 60.9 Å². The normalized spacial score (nSPS) is 12.2. The number of aromatic nitrogens is 1.